The number of hydrogen-bond acceptors (Lipinski definition) is 1. The molecular formula is C15H17Cl2N. The van der Waals surface area contributed by atoms with E-state index in [1.165, 1.54) is 12.8 Å². The number of nitrogens with zero attached hydrogens (tertiary/aromatic N) is 1. The fourth-order valence-corrected chi connectivity index (χ4v) is 3.09. The van der Waals surface area contributed by atoms with E-state index in [-0.39, 0.29) is 5.41 Å². The van der Waals surface area contributed by atoms with Crippen LogP contribution >= 0.6 is 23.2 Å². The molecule has 1 saturated carbocycles. The van der Waals surface area contributed by atoms with E-state index in [4.69, 9.17) is 23.2 Å². The molecule has 18 heavy (non-hydrogen) atoms. The summed E-state index contributed by atoms with van der Waals surface area (Å²) in [5.74, 6) is 0. The van der Waals surface area contributed by atoms with Crippen LogP contribution in [0.5, 0.6) is 0 Å². The minimum atomic E-state index is -0.201. The highest BCUT2D eigenvalue weighted by molar-refractivity contribution is 6.42. The number of rotatable bonds is 2. The van der Waals surface area contributed by atoms with Crippen molar-refractivity contribution < 1.29 is 0 Å². The fourth-order valence-electron chi connectivity index (χ4n) is 2.77. The van der Waals surface area contributed by atoms with Crippen LogP contribution in [0.3, 0.4) is 0 Å². The molecule has 0 aromatic heterocycles. The van der Waals surface area contributed by atoms with Crippen LogP contribution in [0.2, 0.25) is 10.0 Å². The average molecular weight is 282 g/mol. The van der Waals surface area contributed by atoms with Crippen molar-refractivity contribution in [1.82, 2.24) is 0 Å². The van der Waals surface area contributed by atoms with Crippen LogP contribution in [0, 0.1) is 16.7 Å². The lowest BCUT2D eigenvalue weighted by atomic mass is 9.77. The van der Waals surface area contributed by atoms with Crippen molar-refractivity contribution in [2.45, 2.75) is 44.9 Å². The van der Waals surface area contributed by atoms with Gasteiger partial charge in [0.2, 0.25) is 0 Å². The summed E-state index contributed by atoms with van der Waals surface area (Å²) < 4.78 is 0. The van der Waals surface area contributed by atoms with Gasteiger partial charge >= 0.3 is 0 Å². The first-order chi connectivity index (χ1) is 8.65. The average Bonchev–Trinajstić information content (AvgIpc) is 2.60. The molecule has 0 atom stereocenters. The molecule has 1 aromatic rings. The lowest BCUT2D eigenvalue weighted by molar-refractivity contribution is 0.339. The maximum Gasteiger partial charge on any atom is 0.0693 e. The summed E-state index contributed by atoms with van der Waals surface area (Å²) in [6.07, 6.45) is 7.63. The van der Waals surface area contributed by atoms with Gasteiger partial charge in [-0.3, -0.25) is 0 Å². The lowest BCUT2D eigenvalue weighted by Crippen LogP contribution is -2.20. The third-order valence-corrected chi connectivity index (χ3v) is 4.56. The van der Waals surface area contributed by atoms with Crippen LogP contribution in [0.1, 0.15) is 44.1 Å². The molecule has 1 fully saturated rings. The first-order valence-corrected chi connectivity index (χ1v) is 7.26. The van der Waals surface area contributed by atoms with E-state index in [0.717, 1.165) is 37.7 Å². The van der Waals surface area contributed by atoms with E-state index in [2.05, 4.69) is 6.07 Å². The third-order valence-electron chi connectivity index (χ3n) is 3.82. The van der Waals surface area contributed by atoms with Gasteiger partial charge in [0.15, 0.2) is 0 Å². The largest absolute Gasteiger partial charge is 0.198 e. The van der Waals surface area contributed by atoms with Crippen molar-refractivity contribution in [2.75, 3.05) is 0 Å². The monoisotopic (exact) mass is 281 g/mol. The van der Waals surface area contributed by atoms with E-state index >= 15 is 0 Å². The standard InChI is InChI=1S/C15H17Cl2N/c16-13-6-5-12(9-14(13)17)10-15(11-18)7-3-1-2-4-8-15/h5-6,9H,1-4,7-8,10H2. The van der Waals surface area contributed by atoms with Gasteiger partial charge in [-0.05, 0) is 37.0 Å². The summed E-state index contributed by atoms with van der Waals surface area (Å²) in [4.78, 5) is 0. The minimum absolute atomic E-state index is 0.201. The normalized spacial score (nSPS) is 18.9. The quantitative estimate of drug-likeness (QED) is 0.666. The van der Waals surface area contributed by atoms with Gasteiger partial charge < -0.3 is 0 Å². The Bertz CT molecular complexity index is 454. The molecule has 0 amide bonds. The fraction of sp³-hybridized carbons (Fsp3) is 0.533. The molecule has 0 saturated heterocycles. The second-order valence-corrected chi connectivity index (χ2v) is 6.05. The Morgan fingerprint density at radius 3 is 2.28 bits per heavy atom. The van der Waals surface area contributed by atoms with Crippen LogP contribution in [0.15, 0.2) is 18.2 Å². The predicted octanol–water partition coefficient (Wildman–Crippen LogP) is 5.40. The van der Waals surface area contributed by atoms with E-state index in [9.17, 15) is 5.26 Å². The number of nitriles is 1. The molecule has 1 aromatic carbocycles. The van der Waals surface area contributed by atoms with Crippen LogP contribution in [0.25, 0.3) is 0 Å². The van der Waals surface area contributed by atoms with Gasteiger partial charge in [0.05, 0.1) is 21.5 Å². The smallest absolute Gasteiger partial charge is 0.0693 e. The second-order valence-electron chi connectivity index (χ2n) is 5.23. The molecule has 0 radical (unpaired) electrons. The molecule has 0 spiro atoms. The highest BCUT2D eigenvalue weighted by Crippen LogP contribution is 2.38. The molecule has 3 heteroatoms. The van der Waals surface area contributed by atoms with Crippen molar-refractivity contribution >= 4 is 23.2 Å². The van der Waals surface area contributed by atoms with Crippen LogP contribution < -0.4 is 0 Å². The predicted molar refractivity (Wildman–Crippen MR) is 75.9 cm³/mol. The molecular weight excluding hydrogens is 265 g/mol. The summed E-state index contributed by atoms with van der Waals surface area (Å²) >= 11 is 12.0. The van der Waals surface area contributed by atoms with E-state index in [1.54, 1.807) is 0 Å². The summed E-state index contributed by atoms with van der Waals surface area (Å²) in [6, 6.07) is 8.27. The summed E-state index contributed by atoms with van der Waals surface area (Å²) in [6.45, 7) is 0. The van der Waals surface area contributed by atoms with Gasteiger partial charge in [-0.15, -0.1) is 0 Å². The Hall–Kier alpha value is -0.710. The first-order valence-electron chi connectivity index (χ1n) is 6.50. The summed E-state index contributed by atoms with van der Waals surface area (Å²) in [5, 5.41) is 10.7. The van der Waals surface area contributed by atoms with Crippen LogP contribution in [-0.2, 0) is 6.42 Å². The zero-order chi connectivity index (χ0) is 13.0. The first kappa shape index (κ1) is 13.7. The molecule has 96 valence electrons. The van der Waals surface area contributed by atoms with Gasteiger partial charge in [-0.25, -0.2) is 0 Å². The van der Waals surface area contributed by atoms with Gasteiger partial charge in [0, 0.05) is 0 Å². The second kappa shape index (κ2) is 5.95. The van der Waals surface area contributed by atoms with Crippen molar-refractivity contribution in [3.63, 3.8) is 0 Å². The highest BCUT2D eigenvalue weighted by Gasteiger charge is 2.31. The Labute approximate surface area is 119 Å². The molecule has 1 aliphatic carbocycles. The van der Waals surface area contributed by atoms with Gasteiger partial charge in [0.25, 0.3) is 0 Å². The molecule has 2 rings (SSSR count). The summed E-state index contributed by atoms with van der Waals surface area (Å²) in [7, 11) is 0. The Morgan fingerprint density at radius 2 is 1.72 bits per heavy atom. The molecule has 1 nitrogen and oxygen atoms in total. The molecule has 0 aliphatic heterocycles. The number of hydrogen-bond donors (Lipinski definition) is 0. The van der Waals surface area contributed by atoms with Gasteiger partial charge in [-0.2, -0.15) is 5.26 Å². The SMILES string of the molecule is N#CC1(Cc2ccc(Cl)c(Cl)c2)CCCCCC1. The van der Waals surface area contributed by atoms with E-state index in [1.807, 2.05) is 18.2 Å². The van der Waals surface area contributed by atoms with Crippen LogP contribution in [-0.4, -0.2) is 0 Å². The van der Waals surface area contributed by atoms with E-state index in [0.29, 0.717) is 10.0 Å². The minimum Gasteiger partial charge on any atom is -0.198 e. The van der Waals surface area contributed by atoms with E-state index < -0.39 is 0 Å². The number of benzene rings is 1. The molecule has 0 unspecified atom stereocenters. The van der Waals surface area contributed by atoms with Crippen LogP contribution in [0.4, 0.5) is 0 Å². The third kappa shape index (κ3) is 3.19. The highest BCUT2D eigenvalue weighted by atomic mass is 35.5. The van der Waals surface area contributed by atoms with Crippen molar-refractivity contribution in [2.24, 2.45) is 5.41 Å². The molecule has 0 bridgehead atoms. The Morgan fingerprint density at radius 1 is 1.06 bits per heavy atom. The summed E-state index contributed by atoms with van der Waals surface area (Å²) in [5.41, 5.74) is 0.918. The van der Waals surface area contributed by atoms with Gasteiger partial charge in [0.1, 0.15) is 0 Å². The van der Waals surface area contributed by atoms with Crippen molar-refractivity contribution in [3.8, 4) is 6.07 Å². The van der Waals surface area contributed by atoms with Crippen molar-refractivity contribution in [3.05, 3.63) is 33.8 Å². The maximum atomic E-state index is 9.54. The Kier molecular flexibility index (Phi) is 4.54. The molecule has 0 heterocycles. The zero-order valence-electron chi connectivity index (χ0n) is 10.4. The topological polar surface area (TPSA) is 23.8 Å². The van der Waals surface area contributed by atoms with Crippen molar-refractivity contribution in [1.29, 1.82) is 5.26 Å². The molecule has 0 N–H and O–H groups in total. The zero-order valence-corrected chi connectivity index (χ0v) is 11.9. The maximum absolute atomic E-state index is 9.54. The lowest BCUT2D eigenvalue weighted by Gasteiger charge is -2.25. The molecule has 1 aliphatic rings. The van der Waals surface area contributed by atoms with Gasteiger partial charge in [-0.1, -0.05) is 55.0 Å². The Balaban J connectivity index is 2.18. The number of halogens is 2.